The van der Waals surface area contributed by atoms with Crippen molar-refractivity contribution in [2.75, 3.05) is 11.4 Å². The van der Waals surface area contributed by atoms with Crippen LogP contribution in [-0.4, -0.2) is 18.5 Å². The first-order valence-corrected chi connectivity index (χ1v) is 7.49. The fourth-order valence-corrected chi connectivity index (χ4v) is 2.57. The van der Waals surface area contributed by atoms with Gasteiger partial charge < -0.3 is 15.4 Å². The Bertz CT molecular complexity index is 667. The van der Waals surface area contributed by atoms with Crippen LogP contribution in [-0.2, 0) is 11.4 Å². The summed E-state index contributed by atoms with van der Waals surface area (Å²) < 4.78 is 5.78. The van der Waals surface area contributed by atoms with Gasteiger partial charge in [-0.15, -0.1) is 0 Å². The van der Waals surface area contributed by atoms with E-state index in [-0.39, 0.29) is 11.9 Å². The number of nitrogens with two attached hydrogens (primary N) is 1. The van der Waals surface area contributed by atoms with Gasteiger partial charge in [0.1, 0.15) is 12.4 Å². The lowest BCUT2D eigenvalue weighted by molar-refractivity contribution is -0.118. The number of hydrogen-bond donors (Lipinski definition) is 1. The van der Waals surface area contributed by atoms with Gasteiger partial charge in [-0.25, -0.2) is 0 Å². The van der Waals surface area contributed by atoms with Crippen LogP contribution in [0.15, 0.2) is 48.5 Å². The first-order chi connectivity index (χ1) is 10.6. The van der Waals surface area contributed by atoms with E-state index in [0.717, 1.165) is 17.0 Å². The molecule has 2 aromatic carbocycles. The second-order valence-corrected chi connectivity index (χ2v) is 5.66. The molecule has 4 heteroatoms. The van der Waals surface area contributed by atoms with Gasteiger partial charge in [0.05, 0.1) is 6.04 Å². The predicted molar refractivity (Wildman–Crippen MR) is 86.9 cm³/mol. The minimum Gasteiger partial charge on any atom is -0.489 e. The van der Waals surface area contributed by atoms with Gasteiger partial charge in [-0.2, -0.15) is 0 Å². The Hall–Kier alpha value is -2.33. The maximum atomic E-state index is 12.0. The van der Waals surface area contributed by atoms with Gasteiger partial charge in [0.15, 0.2) is 0 Å². The van der Waals surface area contributed by atoms with Crippen molar-refractivity contribution in [3.8, 4) is 5.75 Å². The third-order valence-electron chi connectivity index (χ3n) is 3.90. The molecule has 2 aromatic rings. The maximum Gasteiger partial charge on any atom is 0.243 e. The van der Waals surface area contributed by atoms with E-state index >= 15 is 0 Å². The first kappa shape index (κ1) is 14.6. The molecule has 0 bridgehead atoms. The molecule has 0 aliphatic carbocycles. The average Bonchev–Trinajstić information content (AvgIpc) is 2.87. The second-order valence-electron chi connectivity index (χ2n) is 5.66. The van der Waals surface area contributed by atoms with Crippen molar-refractivity contribution in [3.05, 3.63) is 59.7 Å². The van der Waals surface area contributed by atoms with Crippen LogP contribution in [0.4, 0.5) is 5.69 Å². The highest BCUT2D eigenvalue weighted by atomic mass is 16.5. The minimum atomic E-state index is -0.368. The fraction of sp³-hybridized carbons (Fsp3) is 0.278. The molecule has 114 valence electrons. The summed E-state index contributed by atoms with van der Waals surface area (Å²) in [6.45, 7) is 3.21. The third-order valence-corrected chi connectivity index (χ3v) is 3.90. The van der Waals surface area contributed by atoms with E-state index in [4.69, 9.17) is 10.5 Å². The van der Waals surface area contributed by atoms with Crippen LogP contribution < -0.4 is 15.4 Å². The van der Waals surface area contributed by atoms with Crippen LogP contribution in [0, 0.1) is 6.92 Å². The molecule has 4 nitrogen and oxygen atoms in total. The molecule has 1 aliphatic rings. The Morgan fingerprint density at radius 2 is 2.00 bits per heavy atom. The van der Waals surface area contributed by atoms with Crippen LogP contribution in [0.2, 0.25) is 0 Å². The predicted octanol–water partition coefficient (Wildman–Crippen LogP) is 2.64. The Kier molecular flexibility index (Phi) is 4.11. The summed E-state index contributed by atoms with van der Waals surface area (Å²) in [5.41, 5.74) is 8.91. The molecule has 1 saturated heterocycles. The van der Waals surface area contributed by atoms with E-state index in [9.17, 15) is 4.79 Å². The van der Waals surface area contributed by atoms with Crippen molar-refractivity contribution < 1.29 is 9.53 Å². The topological polar surface area (TPSA) is 55.6 Å². The van der Waals surface area contributed by atoms with Crippen LogP contribution >= 0.6 is 0 Å². The van der Waals surface area contributed by atoms with Crippen molar-refractivity contribution in [1.29, 1.82) is 0 Å². The molecule has 1 amide bonds. The zero-order chi connectivity index (χ0) is 15.5. The number of rotatable bonds is 4. The largest absolute Gasteiger partial charge is 0.489 e. The monoisotopic (exact) mass is 296 g/mol. The highest BCUT2D eigenvalue weighted by molar-refractivity contribution is 5.99. The van der Waals surface area contributed by atoms with E-state index < -0.39 is 0 Å². The highest BCUT2D eigenvalue weighted by Crippen LogP contribution is 2.23. The number of nitrogens with zero attached hydrogens (tertiary/aromatic N) is 1. The summed E-state index contributed by atoms with van der Waals surface area (Å²) in [5.74, 6) is 0.840. The summed E-state index contributed by atoms with van der Waals surface area (Å²) >= 11 is 0. The van der Waals surface area contributed by atoms with Gasteiger partial charge in [-0.1, -0.05) is 29.8 Å². The molecule has 2 N–H and O–H groups in total. The Balaban J connectivity index is 1.69. The number of carbonyl (C=O) groups is 1. The molecule has 0 saturated carbocycles. The second kappa shape index (κ2) is 6.20. The van der Waals surface area contributed by atoms with Crippen LogP contribution in [0.1, 0.15) is 17.5 Å². The molecule has 22 heavy (non-hydrogen) atoms. The quantitative estimate of drug-likeness (QED) is 0.943. The highest BCUT2D eigenvalue weighted by Gasteiger charge is 2.29. The normalized spacial score (nSPS) is 17.8. The van der Waals surface area contributed by atoms with Crippen molar-refractivity contribution >= 4 is 11.6 Å². The van der Waals surface area contributed by atoms with E-state index in [0.29, 0.717) is 19.6 Å². The summed E-state index contributed by atoms with van der Waals surface area (Å²) in [4.78, 5) is 13.7. The molecule has 0 aromatic heterocycles. The third kappa shape index (κ3) is 3.12. The van der Waals surface area contributed by atoms with Gasteiger partial charge in [0.2, 0.25) is 5.91 Å². The first-order valence-electron chi connectivity index (χ1n) is 7.49. The van der Waals surface area contributed by atoms with Crippen molar-refractivity contribution in [3.63, 3.8) is 0 Å². The number of anilines is 1. The molecule has 0 spiro atoms. The number of carbonyl (C=O) groups excluding carboxylic acids is 1. The zero-order valence-electron chi connectivity index (χ0n) is 12.7. The SMILES string of the molecule is Cc1ccc(OCc2cccc(N3CC[C@@H](N)C3=O)c2)cc1. The lowest BCUT2D eigenvalue weighted by Gasteiger charge is -2.17. The molecule has 3 rings (SSSR count). The lowest BCUT2D eigenvalue weighted by atomic mass is 10.2. The number of amides is 1. The summed E-state index contributed by atoms with van der Waals surface area (Å²) in [6, 6.07) is 15.5. The van der Waals surface area contributed by atoms with Crippen molar-refractivity contribution in [2.45, 2.75) is 26.0 Å². The number of ether oxygens (including phenoxy) is 1. The van der Waals surface area contributed by atoms with E-state index in [1.807, 2.05) is 55.5 Å². The maximum absolute atomic E-state index is 12.0. The van der Waals surface area contributed by atoms with Gasteiger partial charge in [-0.3, -0.25) is 4.79 Å². The molecule has 0 unspecified atom stereocenters. The summed E-state index contributed by atoms with van der Waals surface area (Å²) in [5, 5.41) is 0. The molecular weight excluding hydrogens is 276 g/mol. The number of aryl methyl sites for hydroxylation is 1. The summed E-state index contributed by atoms with van der Waals surface area (Å²) in [6.07, 6.45) is 0.711. The van der Waals surface area contributed by atoms with Crippen molar-refractivity contribution in [2.24, 2.45) is 5.73 Å². The molecule has 1 aliphatic heterocycles. The minimum absolute atomic E-state index is 0.00315. The van der Waals surface area contributed by atoms with E-state index in [2.05, 4.69) is 0 Å². The van der Waals surface area contributed by atoms with E-state index in [1.54, 1.807) is 4.90 Å². The zero-order valence-corrected chi connectivity index (χ0v) is 12.7. The number of hydrogen-bond acceptors (Lipinski definition) is 3. The molecular formula is C18H20N2O2. The molecule has 1 atom stereocenters. The standard InChI is InChI=1S/C18H20N2O2/c1-13-5-7-16(8-6-13)22-12-14-3-2-4-15(11-14)20-10-9-17(19)18(20)21/h2-8,11,17H,9-10,12,19H2,1H3/t17-/m1/s1. The van der Waals surface area contributed by atoms with Gasteiger partial charge in [-0.05, 0) is 43.2 Å². The molecule has 1 heterocycles. The van der Waals surface area contributed by atoms with Gasteiger partial charge >= 0.3 is 0 Å². The van der Waals surface area contributed by atoms with Crippen LogP contribution in [0.5, 0.6) is 5.75 Å². The van der Waals surface area contributed by atoms with Gasteiger partial charge in [0, 0.05) is 12.2 Å². The average molecular weight is 296 g/mol. The smallest absolute Gasteiger partial charge is 0.243 e. The Morgan fingerprint density at radius 3 is 2.68 bits per heavy atom. The van der Waals surface area contributed by atoms with Gasteiger partial charge in [0.25, 0.3) is 0 Å². The lowest BCUT2D eigenvalue weighted by Crippen LogP contribution is -2.33. The fourth-order valence-electron chi connectivity index (χ4n) is 2.57. The summed E-state index contributed by atoms with van der Waals surface area (Å²) in [7, 11) is 0. The van der Waals surface area contributed by atoms with Crippen molar-refractivity contribution in [1.82, 2.24) is 0 Å². The Labute approximate surface area is 130 Å². The van der Waals surface area contributed by atoms with Crippen LogP contribution in [0.25, 0.3) is 0 Å². The van der Waals surface area contributed by atoms with E-state index in [1.165, 1.54) is 5.56 Å². The number of benzene rings is 2. The molecule has 0 radical (unpaired) electrons. The van der Waals surface area contributed by atoms with Crippen LogP contribution in [0.3, 0.4) is 0 Å². The molecule has 1 fully saturated rings. The Morgan fingerprint density at radius 1 is 1.23 bits per heavy atom.